The maximum absolute atomic E-state index is 11.9. The second kappa shape index (κ2) is 8.12. The van der Waals surface area contributed by atoms with Crippen LogP contribution in [0.15, 0.2) is 0 Å². The average molecular weight is 276 g/mol. The smallest absolute Gasteiger partial charge is 0.211 e. The standard InChI is InChI=1S/C13H28N2O2S/c1-12(10-14)6-5-9-15-18(16,17)11-13-7-3-2-4-8-13/h12-13,15H,2-11,14H2,1H3. The molecule has 0 aromatic rings. The Bertz CT molecular complexity index is 311. The number of nitrogens with two attached hydrogens (primary N) is 1. The van der Waals surface area contributed by atoms with Gasteiger partial charge in [0.2, 0.25) is 10.0 Å². The number of sulfonamides is 1. The third-order valence-corrected chi connectivity index (χ3v) is 5.33. The first-order valence-corrected chi connectivity index (χ1v) is 8.86. The van der Waals surface area contributed by atoms with Crippen LogP contribution in [0.3, 0.4) is 0 Å². The molecular weight excluding hydrogens is 248 g/mol. The normalized spacial score (nSPS) is 19.9. The van der Waals surface area contributed by atoms with Crippen LogP contribution in [0.5, 0.6) is 0 Å². The van der Waals surface area contributed by atoms with Gasteiger partial charge in [0.05, 0.1) is 5.75 Å². The maximum Gasteiger partial charge on any atom is 0.211 e. The highest BCUT2D eigenvalue weighted by atomic mass is 32.2. The predicted molar refractivity (Wildman–Crippen MR) is 75.8 cm³/mol. The third kappa shape index (κ3) is 6.71. The Balaban J connectivity index is 2.18. The first kappa shape index (κ1) is 15.9. The summed E-state index contributed by atoms with van der Waals surface area (Å²) < 4.78 is 26.5. The lowest BCUT2D eigenvalue weighted by Crippen LogP contribution is -2.31. The van der Waals surface area contributed by atoms with Crippen molar-refractivity contribution < 1.29 is 8.42 Å². The van der Waals surface area contributed by atoms with Gasteiger partial charge in [-0.15, -0.1) is 0 Å². The van der Waals surface area contributed by atoms with Crippen LogP contribution in [0.25, 0.3) is 0 Å². The van der Waals surface area contributed by atoms with E-state index in [0.29, 0.717) is 30.7 Å². The molecule has 18 heavy (non-hydrogen) atoms. The maximum atomic E-state index is 11.9. The van der Waals surface area contributed by atoms with Crippen LogP contribution in [-0.2, 0) is 10.0 Å². The fraction of sp³-hybridized carbons (Fsp3) is 1.00. The van der Waals surface area contributed by atoms with Gasteiger partial charge in [-0.25, -0.2) is 13.1 Å². The summed E-state index contributed by atoms with van der Waals surface area (Å²) in [4.78, 5) is 0. The first-order valence-electron chi connectivity index (χ1n) is 7.21. The second-order valence-corrected chi connectivity index (χ2v) is 7.51. The predicted octanol–water partition coefficient (Wildman–Crippen LogP) is 1.86. The lowest BCUT2D eigenvalue weighted by molar-refractivity contribution is 0.383. The van der Waals surface area contributed by atoms with E-state index in [-0.39, 0.29) is 0 Å². The minimum absolute atomic E-state index is 0.319. The monoisotopic (exact) mass is 276 g/mol. The Kier molecular flexibility index (Phi) is 7.19. The van der Waals surface area contributed by atoms with E-state index in [4.69, 9.17) is 5.73 Å². The van der Waals surface area contributed by atoms with Crippen molar-refractivity contribution in [1.82, 2.24) is 4.72 Å². The molecule has 0 aromatic heterocycles. The number of nitrogens with one attached hydrogen (secondary N) is 1. The molecule has 1 atom stereocenters. The molecule has 0 aliphatic heterocycles. The van der Waals surface area contributed by atoms with E-state index in [0.717, 1.165) is 25.7 Å². The number of hydrogen-bond acceptors (Lipinski definition) is 3. The minimum atomic E-state index is -3.07. The van der Waals surface area contributed by atoms with Crippen LogP contribution < -0.4 is 10.5 Å². The molecule has 0 amide bonds. The van der Waals surface area contributed by atoms with Crippen molar-refractivity contribution in [3.05, 3.63) is 0 Å². The summed E-state index contributed by atoms with van der Waals surface area (Å²) in [5, 5.41) is 0. The van der Waals surface area contributed by atoms with Gasteiger partial charge in [-0.3, -0.25) is 0 Å². The molecule has 0 aromatic carbocycles. The molecule has 1 rings (SSSR count). The zero-order valence-electron chi connectivity index (χ0n) is 11.5. The molecule has 1 fully saturated rings. The lowest BCUT2D eigenvalue weighted by atomic mass is 9.91. The Morgan fingerprint density at radius 1 is 1.28 bits per heavy atom. The summed E-state index contributed by atoms with van der Waals surface area (Å²) in [6.07, 6.45) is 7.66. The molecule has 108 valence electrons. The number of hydrogen-bond donors (Lipinski definition) is 2. The van der Waals surface area contributed by atoms with E-state index in [1.54, 1.807) is 0 Å². The molecule has 0 saturated heterocycles. The second-order valence-electron chi connectivity index (χ2n) is 5.66. The topological polar surface area (TPSA) is 72.2 Å². The van der Waals surface area contributed by atoms with Gasteiger partial charge in [-0.05, 0) is 44.1 Å². The van der Waals surface area contributed by atoms with Gasteiger partial charge in [0.15, 0.2) is 0 Å². The third-order valence-electron chi connectivity index (χ3n) is 3.78. The summed E-state index contributed by atoms with van der Waals surface area (Å²) in [6.45, 7) is 3.32. The van der Waals surface area contributed by atoms with Crippen molar-refractivity contribution in [2.24, 2.45) is 17.6 Å². The van der Waals surface area contributed by atoms with Crippen molar-refractivity contribution in [3.63, 3.8) is 0 Å². The Morgan fingerprint density at radius 3 is 2.56 bits per heavy atom. The van der Waals surface area contributed by atoms with Crippen molar-refractivity contribution in [2.75, 3.05) is 18.8 Å². The molecule has 5 heteroatoms. The highest BCUT2D eigenvalue weighted by Crippen LogP contribution is 2.24. The van der Waals surface area contributed by atoms with E-state index in [2.05, 4.69) is 11.6 Å². The molecule has 0 spiro atoms. The zero-order chi connectivity index (χ0) is 13.4. The molecule has 0 heterocycles. The summed E-state index contributed by atoms with van der Waals surface area (Å²) in [7, 11) is -3.07. The SMILES string of the molecule is CC(CN)CCCNS(=O)(=O)CC1CCCCC1. The van der Waals surface area contributed by atoms with Crippen LogP contribution in [0.1, 0.15) is 51.9 Å². The van der Waals surface area contributed by atoms with E-state index in [1.807, 2.05) is 0 Å². The van der Waals surface area contributed by atoms with E-state index in [1.165, 1.54) is 19.3 Å². The molecule has 1 aliphatic rings. The fourth-order valence-corrected chi connectivity index (χ4v) is 4.05. The van der Waals surface area contributed by atoms with Crippen LogP contribution >= 0.6 is 0 Å². The molecule has 4 nitrogen and oxygen atoms in total. The highest BCUT2D eigenvalue weighted by molar-refractivity contribution is 7.89. The van der Waals surface area contributed by atoms with Crippen molar-refractivity contribution in [1.29, 1.82) is 0 Å². The molecular formula is C13H28N2O2S. The minimum Gasteiger partial charge on any atom is -0.330 e. The summed E-state index contributed by atoms with van der Waals surface area (Å²) >= 11 is 0. The van der Waals surface area contributed by atoms with Gasteiger partial charge in [-0.1, -0.05) is 26.2 Å². The van der Waals surface area contributed by atoms with E-state index in [9.17, 15) is 8.42 Å². The molecule has 1 saturated carbocycles. The molecule has 0 bridgehead atoms. The summed E-state index contributed by atoms with van der Waals surface area (Å²) in [5.41, 5.74) is 5.53. The zero-order valence-corrected chi connectivity index (χ0v) is 12.3. The summed E-state index contributed by atoms with van der Waals surface area (Å²) in [5.74, 6) is 1.17. The van der Waals surface area contributed by atoms with E-state index >= 15 is 0 Å². The fourth-order valence-electron chi connectivity index (χ4n) is 2.52. The molecule has 3 N–H and O–H groups in total. The lowest BCUT2D eigenvalue weighted by Gasteiger charge is -2.21. The van der Waals surface area contributed by atoms with Gasteiger partial charge in [0, 0.05) is 6.54 Å². The van der Waals surface area contributed by atoms with Gasteiger partial charge in [-0.2, -0.15) is 0 Å². The molecule has 1 aliphatic carbocycles. The van der Waals surface area contributed by atoms with Crippen molar-refractivity contribution in [3.8, 4) is 0 Å². The Morgan fingerprint density at radius 2 is 1.94 bits per heavy atom. The van der Waals surface area contributed by atoms with Crippen LogP contribution in [0, 0.1) is 11.8 Å². The Labute approximate surface area is 112 Å². The number of rotatable bonds is 8. The van der Waals surface area contributed by atoms with Gasteiger partial charge >= 0.3 is 0 Å². The summed E-state index contributed by atoms with van der Waals surface area (Å²) in [6, 6.07) is 0. The molecule has 0 radical (unpaired) electrons. The van der Waals surface area contributed by atoms with E-state index < -0.39 is 10.0 Å². The van der Waals surface area contributed by atoms with Gasteiger partial charge in [0.25, 0.3) is 0 Å². The largest absolute Gasteiger partial charge is 0.330 e. The quantitative estimate of drug-likeness (QED) is 0.665. The Hall–Kier alpha value is -0.130. The van der Waals surface area contributed by atoms with Gasteiger partial charge in [0.1, 0.15) is 0 Å². The highest BCUT2D eigenvalue weighted by Gasteiger charge is 2.20. The van der Waals surface area contributed by atoms with Crippen molar-refractivity contribution >= 4 is 10.0 Å². The average Bonchev–Trinajstić information content (AvgIpc) is 2.35. The van der Waals surface area contributed by atoms with Crippen LogP contribution in [-0.4, -0.2) is 27.3 Å². The first-order chi connectivity index (χ1) is 8.53. The van der Waals surface area contributed by atoms with Gasteiger partial charge < -0.3 is 5.73 Å². The molecule has 1 unspecified atom stereocenters. The van der Waals surface area contributed by atoms with Crippen LogP contribution in [0.2, 0.25) is 0 Å². The van der Waals surface area contributed by atoms with Crippen LogP contribution in [0.4, 0.5) is 0 Å². The van der Waals surface area contributed by atoms with Crippen molar-refractivity contribution in [2.45, 2.75) is 51.9 Å².